The number of hydrogen-bond acceptors (Lipinski definition) is 1. The van der Waals surface area contributed by atoms with Crippen LogP contribution in [0.15, 0.2) is 48.1 Å². The predicted molar refractivity (Wildman–Crippen MR) is 82.3 cm³/mol. The third kappa shape index (κ3) is 3.34. The smallest absolute Gasteiger partial charge is 0.107 e. The van der Waals surface area contributed by atoms with Gasteiger partial charge in [0.25, 0.3) is 0 Å². The first-order chi connectivity index (χ1) is 9.22. The molecule has 0 amide bonds. The maximum atomic E-state index is 4.59. The van der Waals surface area contributed by atoms with Gasteiger partial charge in [0.2, 0.25) is 0 Å². The van der Waals surface area contributed by atoms with Crippen molar-refractivity contribution in [2.24, 2.45) is 0 Å². The molecule has 0 aliphatic heterocycles. The van der Waals surface area contributed by atoms with Crippen molar-refractivity contribution in [2.45, 2.75) is 40.2 Å². The van der Waals surface area contributed by atoms with E-state index in [0.29, 0.717) is 0 Å². The Labute approximate surface area is 115 Å². The molecule has 2 nitrogen and oxygen atoms in total. The minimum atomic E-state index is 0.911. The zero-order valence-corrected chi connectivity index (χ0v) is 12.1. The minimum absolute atomic E-state index is 0.911. The van der Waals surface area contributed by atoms with Crippen molar-refractivity contribution in [2.75, 3.05) is 0 Å². The fourth-order valence-corrected chi connectivity index (χ4v) is 2.25. The summed E-state index contributed by atoms with van der Waals surface area (Å²) in [5.41, 5.74) is 3.74. The Balaban J connectivity index is 2.13. The highest BCUT2D eigenvalue weighted by Crippen LogP contribution is 2.16. The first-order valence-corrected chi connectivity index (χ1v) is 6.91. The highest BCUT2D eigenvalue weighted by molar-refractivity contribution is 5.75. The van der Waals surface area contributed by atoms with Gasteiger partial charge in [0.1, 0.15) is 5.82 Å². The van der Waals surface area contributed by atoms with Crippen LogP contribution in [0.25, 0.3) is 11.0 Å². The number of aryl methyl sites for hydroxylation is 1. The molecule has 1 aromatic carbocycles. The summed E-state index contributed by atoms with van der Waals surface area (Å²) in [5, 5.41) is 0. The Morgan fingerprint density at radius 2 is 2.11 bits per heavy atom. The lowest BCUT2D eigenvalue weighted by molar-refractivity contribution is 0.794. The topological polar surface area (TPSA) is 17.8 Å². The molecule has 2 aromatic rings. The largest absolute Gasteiger partial charge is 0.324 e. The Hall–Kier alpha value is -1.83. The third-order valence-electron chi connectivity index (χ3n) is 3.41. The van der Waals surface area contributed by atoms with Crippen molar-refractivity contribution in [3.8, 4) is 0 Å². The highest BCUT2D eigenvalue weighted by atomic mass is 15.1. The maximum Gasteiger partial charge on any atom is 0.107 e. The zero-order chi connectivity index (χ0) is 13.7. The summed E-state index contributed by atoms with van der Waals surface area (Å²) in [6.45, 7) is 7.26. The third-order valence-corrected chi connectivity index (χ3v) is 3.41. The molecule has 2 rings (SSSR count). The van der Waals surface area contributed by atoms with Crippen molar-refractivity contribution in [3.05, 3.63) is 53.9 Å². The van der Waals surface area contributed by atoms with Crippen molar-refractivity contribution in [1.82, 2.24) is 9.55 Å². The molecule has 0 saturated heterocycles. The van der Waals surface area contributed by atoms with Crippen LogP contribution in [0.5, 0.6) is 0 Å². The summed E-state index contributed by atoms with van der Waals surface area (Å²) in [5.74, 6) is 1.08. The fourth-order valence-electron chi connectivity index (χ4n) is 2.25. The van der Waals surface area contributed by atoms with Gasteiger partial charge >= 0.3 is 0 Å². The molecule has 0 atom stereocenters. The summed E-state index contributed by atoms with van der Waals surface area (Å²) in [7, 11) is 0. The molecule has 1 heterocycles. The summed E-state index contributed by atoms with van der Waals surface area (Å²) in [6, 6.07) is 8.32. The van der Waals surface area contributed by atoms with Gasteiger partial charge in [-0.3, -0.25) is 0 Å². The second kappa shape index (κ2) is 6.37. The summed E-state index contributed by atoms with van der Waals surface area (Å²) >= 11 is 0. The van der Waals surface area contributed by atoms with E-state index in [9.17, 15) is 0 Å². The fraction of sp³-hybridized carbons (Fsp3) is 0.353. The molecule has 0 spiro atoms. The summed E-state index contributed by atoms with van der Waals surface area (Å²) in [6.07, 6.45) is 8.90. The molecule has 19 heavy (non-hydrogen) atoms. The van der Waals surface area contributed by atoms with Crippen molar-refractivity contribution in [3.63, 3.8) is 0 Å². The van der Waals surface area contributed by atoms with Gasteiger partial charge in [-0.15, -0.1) is 0 Å². The summed E-state index contributed by atoms with van der Waals surface area (Å²) < 4.78 is 2.27. The Bertz CT molecular complexity index is 603. The van der Waals surface area contributed by atoms with Crippen LogP contribution in [0.1, 0.15) is 32.5 Å². The average Bonchev–Trinajstić information content (AvgIpc) is 2.72. The second-order valence-electron chi connectivity index (χ2n) is 4.92. The molecule has 0 aliphatic rings. The number of allylic oxidation sites excluding steroid dienone is 4. The number of imidazole rings is 1. The quantitative estimate of drug-likeness (QED) is 0.710. The number of nitrogens with zero attached hydrogens (tertiary/aromatic N) is 2. The van der Waals surface area contributed by atoms with Gasteiger partial charge in [0.15, 0.2) is 0 Å². The molecule has 0 aliphatic carbocycles. The standard InChI is InChI=1S/C17H22N2/c1-4-5-6-9-14(2)12-13-19-15(3)18-16-10-7-8-11-17(16)19/h4-5,7-8,10-12H,6,9,13H2,1-3H3/b5-4+,14-12+. The Morgan fingerprint density at radius 3 is 2.89 bits per heavy atom. The minimum Gasteiger partial charge on any atom is -0.324 e. The van der Waals surface area contributed by atoms with E-state index in [4.69, 9.17) is 0 Å². The van der Waals surface area contributed by atoms with E-state index < -0.39 is 0 Å². The molecular formula is C17H22N2. The molecule has 0 N–H and O–H groups in total. The van der Waals surface area contributed by atoms with E-state index in [1.807, 2.05) is 6.07 Å². The second-order valence-corrected chi connectivity index (χ2v) is 4.92. The Kier molecular flexibility index (Phi) is 4.56. The first kappa shape index (κ1) is 13.6. The zero-order valence-electron chi connectivity index (χ0n) is 12.1. The Morgan fingerprint density at radius 1 is 1.32 bits per heavy atom. The van der Waals surface area contributed by atoms with Crippen molar-refractivity contribution < 1.29 is 0 Å². The molecule has 0 radical (unpaired) electrons. The number of fused-ring (bicyclic) bond motifs is 1. The molecule has 0 fully saturated rings. The average molecular weight is 254 g/mol. The molecule has 100 valence electrons. The van der Waals surface area contributed by atoms with Gasteiger partial charge < -0.3 is 4.57 Å². The van der Waals surface area contributed by atoms with Crippen LogP contribution in [0.4, 0.5) is 0 Å². The predicted octanol–water partition coefficient (Wildman–Crippen LogP) is 4.65. The molecule has 1 aromatic heterocycles. The lowest BCUT2D eigenvalue weighted by Crippen LogP contribution is -1.98. The van der Waals surface area contributed by atoms with Crippen LogP contribution in [-0.2, 0) is 6.54 Å². The number of rotatable bonds is 5. The van der Waals surface area contributed by atoms with E-state index in [2.05, 4.69) is 66.7 Å². The van der Waals surface area contributed by atoms with E-state index in [1.54, 1.807) is 0 Å². The monoisotopic (exact) mass is 254 g/mol. The molecule has 0 unspecified atom stereocenters. The first-order valence-electron chi connectivity index (χ1n) is 6.91. The van der Waals surface area contributed by atoms with E-state index in [-0.39, 0.29) is 0 Å². The van der Waals surface area contributed by atoms with Gasteiger partial charge in [0.05, 0.1) is 11.0 Å². The van der Waals surface area contributed by atoms with E-state index in [0.717, 1.165) is 30.7 Å². The van der Waals surface area contributed by atoms with E-state index >= 15 is 0 Å². The lowest BCUT2D eigenvalue weighted by atomic mass is 10.1. The van der Waals surface area contributed by atoms with Gasteiger partial charge in [-0.05, 0) is 45.7 Å². The van der Waals surface area contributed by atoms with Gasteiger partial charge in [-0.1, -0.05) is 35.9 Å². The highest BCUT2D eigenvalue weighted by Gasteiger charge is 2.04. The SMILES string of the molecule is C/C=C/CC/C(C)=C/Cn1c(C)nc2ccccc21. The van der Waals surface area contributed by atoms with Crippen LogP contribution in [0, 0.1) is 6.92 Å². The number of benzene rings is 1. The van der Waals surface area contributed by atoms with Gasteiger partial charge in [-0.2, -0.15) is 0 Å². The number of para-hydroxylation sites is 2. The van der Waals surface area contributed by atoms with Crippen LogP contribution in [0.2, 0.25) is 0 Å². The van der Waals surface area contributed by atoms with Crippen LogP contribution < -0.4 is 0 Å². The van der Waals surface area contributed by atoms with E-state index in [1.165, 1.54) is 11.1 Å². The normalized spacial score (nSPS) is 12.7. The van der Waals surface area contributed by atoms with Gasteiger partial charge in [0, 0.05) is 6.54 Å². The maximum absolute atomic E-state index is 4.59. The van der Waals surface area contributed by atoms with Crippen LogP contribution in [0.3, 0.4) is 0 Å². The summed E-state index contributed by atoms with van der Waals surface area (Å²) in [4.78, 5) is 4.59. The molecular weight excluding hydrogens is 232 g/mol. The van der Waals surface area contributed by atoms with Crippen molar-refractivity contribution >= 4 is 11.0 Å². The molecule has 0 saturated carbocycles. The number of aromatic nitrogens is 2. The van der Waals surface area contributed by atoms with Crippen LogP contribution >= 0.6 is 0 Å². The van der Waals surface area contributed by atoms with Gasteiger partial charge in [-0.25, -0.2) is 4.98 Å². The molecule has 0 bridgehead atoms. The molecule has 2 heteroatoms. The number of hydrogen-bond donors (Lipinski definition) is 0. The van der Waals surface area contributed by atoms with Crippen molar-refractivity contribution in [1.29, 1.82) is 0 Å². The lowest BCUT2D eigenvalue weighted by Gasteiger charge is -2.04. The van der Waals surface area contributed by atoms with Crippen LogP contribution in [-0.4, -0.2) is 9.55 Å².